The lowest BCUT2D eigenvalue weighted by molar-refractivity contribution is -0.221. The minimum absolute atomic E-state index is 0.0982. The van der Waals surface area contributed by atoms with Crippen LogP contribution in [0.1, 0.15) is 0 Å². The van der Waals surface area contributed by atoms with Crippen LogP contribution in [0.3, 0.4) is 0 Å². The number of thiocarbonyl (C=S) groups is 1. The normalized spacial score (nSPS) is 25.2. The lowest BCUT2D eigenvalue weighted by atomic mass is 9.97. The number of hydrogen-bond acceptors (Lipinski definition) is 8. The Kier molecular flexibility index (Phi) is 7.58. The van der Waals surface area contributed by atoms with Crippen molar-refractivity contribution in [3.8, 4) is 0 Å². The molecule has 0 unspecified atom stereocenters. The summed E-state index contributed by atoms with van der Waals surface area (Å²) in [5, 5.41) is 43.1. The quantitative estimate of drug-likeness (QED) is 0.257. The molecule has 5 atom stereocenters. The molecule has 0 bridgehead atoms. The summed E-state index contributed by atoms with van der Waals surface area (Å²) in [4.78, 5) is 12.4. The Balaban J connectivity index is 1.66. The van der Waals surface area contributed by atoms with E-state index in [1.807, 2.05) is 0 Å². The molecule has 14 heteroatoms. The Morgan fingerprint density at radius 2 is 1.67 bits per heavy atom. The molecule has 1 heterocycles. The van der Waals surface area contributed by atoms with Crippen LogP contribution in [0, 0.1) is 5.82 Å². The average Bonchev–Trinajstić information content (AvgIpc) is 2.73. The molecule has 3 rings (SSSR count). The average molecular weight is 501 g/mol. The summed E-state index contributed by atoms with van der Waals surface area (Å²) in [6, 6.07) is 10.3. The molecule has 0 radical (unpaired) electrons. The second-order valence-corrected chi connectivity index (χ2v) is 9.09. The largest absolute Gasteiger partial charge is 0.387 e. The van der Waals surface area contributed by atoms with Crippen molar-refractivity contribution in [1.82, 2.24) is 5.32 Å². The monoisotopic (exact) mass is 500 g/mol. The third-order valence-corrected chi connectivity index (χ3v) is 5.83. The van der Waals surface area contributed by atoms with E-state index in [1.54, 1.807) is 0 Å². The third kappa shape index (κ3) is 6.20. The maximum Gasteiger partial charge on any atom is 0.256 e. The van der Waals surface area contributed by atoms with Gasteiger partial charge in [-0.15, -0.1) is 0 Å². The van der Waals surface area contributed by atoms with Crippen molar-refractivity contribution in [3.63, 3.8) is 0 Å². The van der Waals surface area contributed by atoms with Crippen LogP contribution in [0.2, 0.25) is 0 Å². The van der Waals surface area contributed by atoms with Gasteiger partial charge < -0.3 is 36.0 Å². The van der Waals surface area contributed by atoms with E-state index in [4.69, 9.17) is 22.1 Å². The Morgan fingerprint density at radius 3 is 2.27 bits per heavy atom. The van der Waals surface area contributed by atoms with E-state index in [9.17, 15) is 32.9 Å². The predicted octanol–water partition coefficient (Wildman–Crippen LogP) is -0.794. The topological polar surface area (TPSA) is 183 Å². The smallest absolute Gasteiger partial charge is 0.256 e. The Bertz CT molecular complexity index is 1130. The van der Waals surface area contributed by atoms with Gasteiger partial charge >= 0.3 is 0 Å². The van der Waals surface area contributed by atoms with Crippen LogP contribution in [0.4, 0.5) is 15.8 Å². The number of ether oxygens (including phenoxy) is 1. The molecule has 1 aliphatic rings. The summed E-state index contributed by atoms with van der Waals surface area (Å²) < 4.78 is 41.4. The van der Waals surface area contributed by atoms with Gasteiger partial charge in [0, 0.05) is 11.4 Å². The fraction of sp³-hybridized carbons (Fsp3) is 0.263. The highest BCUT2D eigenvalue weighted by Crippen LogP contribution is 2.22. The number of sulfonamides is 1. The number of halogens is 1. The van der Waals surface area contributed by atoms with Gasteiger partial charge in [-0.2, -0.15) is 0 Å². The second kappa shape index (κ2) is 10.0. The Labute approximate surface area is 193 Å². The Morgan fingerprint density at radius 1 is 1.00 bits per heavy atom. The lowest BCUT2D eigenvalue weighted by Crippen LogP contribution is -2.65. The van der Waals surface area contributed by atoms with Crippen LogP contribution in [0.25, 0.3) is 0 Å². The molecular weight excluding hydrogens is 479 g/mol. The van der Waals surface area contributed by atoms with E-state index in [0.29, 0.717) is 5.69 Å². The number of amides is 1. The zero-order chi connectivity index (χ0) is 24.3. The molecule has 0 aliphatic carbocycles. The van der Waals surface area contributed by atoms with E-state index < -0.39 is 52.4 Å². The number of aliphatic hydroxyl groups is 3. The van der Waals surface area contributed by atoms with Gasteiger partial charge in [0.15, 0.2) is 17.4 Å². The molecule has 1 amide bonds. The second-order valence-electron chi connectivity index (χ2n) is 7.12. The highest BCUT2D eigenvalue weighted by molar-refractivity contribution is 7.89. The minimum Gasteiger partial charge on any atom is -0.387 e. The number of rotatable bonds is 5. The summed E-state index contributed by atoms with van der Waals surface area (Å²) in [6.45, 7) is 0. The summed E-state index contributed by atoms with van der Waals surface area (Å²) in [5.41, 5.74) is 0.465. The highest BCUT2D eigenvalue weighted by Gasteiger charge is 2.47. The molecule has 33 heavy (non-hydrogen) atoms. The molecule has 8 N–H and O–H groups in total. The van der Waals surface area contributed by atoms with Crippen LogP contribution in [0.15, 0.2) is 53.4 Å². The Hall–Kier alpha value is -2.72. The van der Waals surface area contributed by atoms with Crippen LogP contribution in [-0.2, 0) is 19.6 Å². The molecule has 0 saturated carbocycles. The van der Waals surface area contributed by atoms with E-state index in [2.05, 4.69) is 16.0 Å². The van der Waals surface area contributed by atoms with Gasteiger partial charge in [-0.05, 0) is 54.7 Å². The summed E-state index contributed by atoms with van der Waals surface area (Å²) in [5.74, 6) is -1.48. The maximum atomic E-state index is 13.3. The van der Waals surface area contributed by atoms with Gasteiger partial charge in [-0.25, -0.2) is 17.9 Å². The van der Waals surface area contributed by atoms with E-state index in [-0.39, 0.29) is 15.7 Å². The van der Waals surface area contributed by atoms with E-state index >= 15 is 0 Å². The molecule has 1 saturated heterocycles. The predicted molar refractivity (Wildman–Crippen MR) is 119 cm³/mol. The van der Waals surface area contributed by atoms with Gasteiger partial charge in [0.2, 0.25) is 10.0 Å². The first-order chi connectivity index (χ1) is 15.5. The SMILES string of the molecule is NS(=O)(=O)c1ccc(NC(=S)N[C@@H]2O[C@H](C(=O)Nc3cccc(F)c3)[C@@H](O)[C@H](O)[C@H]2O)cc1. The number of carbonyl (C=O) groups excluding carboxylic acids is 1. The van der Waals surface area contributed by atoms with Crippen molar-refractivity contribution < 1.29 is 37.7 Å². The fourth-order valence-electron chi connectivity index (χ4n) is 3.02. The van der Waals surface area contributed by atoms with Gasteiger partial charge in [-0.3, -0.25) is 4.79 Å². The fourth-order valence-corrected chi connectivity index (χ4v) is 3.77. The van der Waals surface area contributed by atoms with Crippen molar-refractivity contribution in [3.05, 3.63) is 54.3 Å². The number of anilines is 2. The minimum atomic E-state index is -3.87. The maximum absolute atomic E-state index is 13.3. The number of benzene rings is 2. The molecule has 1 aliphatic heterocycles. The van der Waals surface area contributed by atoms with Crippen molar-refractivity contribution in [1.29, 1.82) is 0 Å². The first kappa shape index (κ1) is 24.9. The third-order valence-electron chi connectivity index (χ3n) is 4.68. The van der Waals surface area contributed by atoms with Gasteiger partial charge in [0.25, 0.3) is 5.91 Å². The van der Waals surface area contributed by atoms with Crippen LogP contribution >= 0.6 is 12.2 Å². The van der Waals surface area contributed by atoms with Crippen LogP contribution in [-0.4, -0.2) is 65.4 Å². The van der Waals surface area contributed by atoms with Crippen molar-refractivity contribution >= 4 is 44.6 Å². The number of aliphatic hydroxyl groups excluding tert-OH is 3. The van der Waals surface area contributed by atoms with Crippen LogP contribution < -0.4 is 21.1 Å². The van der Waals surface area contributed by atoms with Crippen molar-refractivity contribution in [2.45, 2.75) is 35.5 Å². The zero-order valence-corrected chi connectivity index (χ0v) is 18.4. The number of nitrogens with two attached hydrogens (primary N) is 1. The molecule has 2 aromatic rings. The van der Waals surface area contributed by atoms with E-state index in [1.165, 1.54) is 42.5 Å². The highest BCUT2D eigenvalue weighted by atomic mass is 32.2. The van der Waals surface area contributed by atoms with Gasteiger partial charge in [0.1, 0.15) is 24.1 Å². The van der Waals surface area contributed by atoms with E-state index in [0.717, 1.165) is 6.07 Å². The summed E-state index contributed by atoms with van der Waals surface area (Å²) in [7, 11) is -3.87. The summed E-state index contributed by atoms with van der Waals surface area (Å²) in [6.07, 6.45) is -8.24. The molecule has 0 aromatic heterocycles. The van der Waals surface area contributed by atoms with Crippen molar-refractivity contribution in [2.24, 2.45) is 5.14 Å². The lowest BCUT2D eigenvalue weighted by Gasteiger charge is -2.40. The zero-order valence-electron chi connectivity index (χ0n) is 16.8. The standard InChI is InChI=1S/C19H21FN4O7S2/c20-9-2-1-3-11(8-9)22-17(28)16-14(26)13(25)15(27)18(31-16)24-19(32)23-10-4-6-12(7-5-10)33(21,29)30/h1-8,13-16,18,25-27H,(H,22,28)(H2,21,29,30)(H2,23,24,32)/t13-,14-,15+,16-,18+/m0/s1. The van der Waals surface area contributed by atoms with Gasteiger partial charge in [-0.1, -0.05) is 6.07 Å². The molecule has 11 nitrogen and oxygen atoms in total. The molecule has 1 fully saturated rings. The van der Waals surface area contributed by atoms with Gasteiger partial charge in [0.05, 0.1) is 4.90 Å². The molecular formula is C19H21FN4O7S2. The number of nitrogens with one attached hydrogen (secondary N) is 3. The summed E-state index contributed by atoms with van der Waals surface area (Å²) >= 11 is 5.13. The van der Waals surface area contributed by atoms with Crippen molar-refractivity contribution in [2.75, 3.05) is 10.6 Å². The first-order valence-electron chi connectivity index (χ1n) is 9.42. The molecule has 2 aromatic carbocycles. The number of hydrogen-bond donors (Lipinski definition) is 7. The van der Waals surface area contributed by atoms with Crippen LogP contribution in [0.5, 0.6) is 0 Å². The number of primary sulfonamides is 1. The molecule has 178 valence electrons. The number of carbonyl (C=O) groups is 1. The molecule has 0 spiro atoms. The first-order valence-corrected chi connectivity index (χ1v) is 11.4.